The van der Waals surface area contributed by atoms with Gasteiger partial charge in [0.05, 0.1) is 12.5 Å². The van der Waals surface area contributed by atoms with Crippen LogP contribution in [0.15, 0.2) is 22.7 Å². The molecule has 0 saturated heterocycles. The summed E-state index contributed by atoms with van der Waals surface area (Å²) in [7, 11) is 0. The van der Waals surface area contributed by atoms with Crippen molar-refractivity contribution in [1.29, 1.82) is 0 Å². The van der Waals surface area contributed by atoms with Crippen molar-refractivity contribution in [1.82, 2.24) is 0 Å². The van der Waals surface area contributed by atoms with Gasteiger partial charge in [-0.1, -0.05) is 15.9 Å². The van der Waals surface area contributed by atoms with E-state index in [0.717, 1.165) is 0 Å². The van der Waals surface area contributed by atoms with Gasteiger partial charge in [0.2, 0.25) is 0 Å². The van der Waals surface area contributed by atoms with Crippen molar-refractivity contribution < 1.29 is 20.1 Å². The van der Waals surface area contributed by atoms with E-state index in [1.54, 1.807) is 6.07 Å². The Labute approximate surface area is 88.9 Å². The van der Waals surface area contributed by atoms with Crippen molar-refractivity contribution in [2.45, 2.75) is 12.5 Å². The Morgan fingerprint density at radius 3 is 2.71 bits per heavy atom. The molecule has 1 atom stereocenters. The van der Waals surface area contributed by atoms with Crippen LogP contribution in [0.4, 0.5) is 0 Å². The SMILES string of the molecule is O=C(O)C[C@@H](O)c1cc(Br)ccc1O. The molecule has 0 aliphatic carbocycles. The Balaban J connectivity index is 2.93. The molecule has 76 valence electrons. The largest absolute Gasteiger partial charge is 0.508 e. The first-order valence-electron chi connectivity index (χ1n) is 3.89. The molecule has 1 aromatic rings. The molecule has 1 rings (SSSR count). The van der Waals surface area contributed by atoms with Crippen LogP contribution >= 0.6 is 15.9 Å². The van der Waals surface area contributed by atoms with Crippen LogP contribution in [0.3, 0.4) is 0 Å². The summed E-state index contributed by atoms with van der Waals surface area (Å²) >= 11 is 3.16. The van der Waals surface area contributed by atoms with Crippen molar-refractivity contribution in [2.75, 3.05) is 0 Å². The lowest BCUT2D eigenvalue weighted by Gasteiger charge is -2.10. The smallest absolute Gasteiger partial charge is 0.306 e. The number of phenolic OH excluding ortho intramolecular Hbond substituents is 1. The average Bonchev–Trinajstić information content (AvgIpc) is 2.08. The Hall–Kier alpha value is -1.07. The van der Waals surface area contributed by atoms with E-state index in [-0.39, 0.29) is 11.3 Å². The monoisotopic (exact) mass is 260 g/mol. The summed E-state index contributed by atoms with van der Waals surface area (Å²) in [6, 6.07) is 4.49. The quantitative estimate of drug-likeness (QED) is 0.773. The molecule has 0 aliphatic rings. The van der Waals surface area contributed by atoms with E-state index in [4.69, 9.17) is 5.11 Å². The number of halogens is 1. The molecule has 3 N–H and O–H groups in total. The summed E-state index contributed by atoms with van der Waals surface area (Å²) < 4.78 is 0.676. The second-order valence-electron chi connectivity index (χ2n) is 2.82. The molecule has 5 heteroatoms. The minimum Gasteiger partial charge on any atom is -0.508 e. The predicted octanol–water partition coefficient (Wildman–Crippen LogP) is 1.66. The minimum atomic E-state index is -1.19. The highest BCUT2D eigenvalue weighted by Crippen LogP contribution is 2.29. The van der Waals surface area contributed by atoms with Crippen molar-refractivity contribution in [3.8, 4) is 5.75 Å². The normalized spacial score (nSPS) is 12.4. The van der Waals surface area contributed by atoms with Gasteiger partial charge in [0, 0.05) is 10.0 Å². The fraction of sp³-hybridized carbons (Fsp3) is 0.222. The first-order valence-corrected chi connectivity index (χ1v) is 4.68. The molecule has 0 spiro atoms. The Morgan fingerprint density at radius 2 is 2.14 bits per heavy atom. The van der Waals surface area contributed by atoms with Gasteiger partial charge in [0.25, 0.3) is 0 Å². The summed E-state index contributed by atoms with van der Waals surface area (Å²) in [4.78, 5) is 10.3. The lowest BCUT2D eigenvalue weighted by atomic mass is 10.1. The molecule has 14 heavy (non-hydrogen) atoms. The second-order valence-corrected chi connectivity index (χ2v) is 3.73. The van der Waals surface area contributed by atoms with Gasteiger partial charge in [-0.05, 0) is 18.2 Å². The van der Waals surface area contributed by atoms with Crippen molar-refractivity contribution in [3.63, 3.8) is 0 Å². The molecule has 0 unspecified atom stereocenters. The third-order valence-corrected chi connectivity index (χ3v) is 2.21. The van der Waals surface area contributed by atoms with Gasteiger partial charge in [0.15, 0.2) is 0 Å². The van der Waals surface area contributed by atoms with Gasteiger partial charge in [-0.25, -0.2) is 0 Å². The predicted molar refractivity (Wildman–Crippen MR) is 53.0 cm³/mol. The maximum absolute atomic E-state index is 10.3. The molecule has 1 aromatic carbocycles. The van der Waals surface area contributed by atoms with E-state index in [9.17, 15) is 15.0 Å². The second kappa shape index (κ2) is 4.43. The van der Waals surface area contributed by atoms with Gasteiger partial charge >= 0.3 is 5.97 Å². The topological polar surface area (TPSA) is 77.8 Å². The van der Waals surface area contributed by atoms with Crippen LogP contribution in [0, 0.1) is 0 Å². The number of hydrogen-bond donors (Lipinski definition) is 3. The van der Waals surface area contributed by atoms with Gasteiger partial charge in [-0.2, -0.15) is 0 Å². The number of aliphatic hydroxyl groups excluding tert-OH is 1. The van der Waals surface area contributed by atoms with Crippen LogP contribution in [-0.4, -0.2) is 21.3 Å². The van der Waals surface area contributed by atoms with E-state index in [1.165, 1.54) is 12.1 Å². The first-order chi connectivity index (χ1) is 6.50. The number of rotatable bonds is 3. The average molecular weight is 261 g/mol. The number of carboxylic acid groups (broad SMARTS) is 1. The van der Waals surface area contributed by atoms with Crippen LogP contribution in [0.5, 0.6) is 5.75 Å². The molecular weight excluding hydrogens is 252 g/mol. The molecule has 0 bridgehead atoms. The number of hydrogen-bond acceptors (Lipinski definition) is 3. The minimum absolute atomic E-state index is 0.109. The maximum atomic E-state index is 10.3. The van der Waals surface area contributed by atoms with Crippen molar-refractivity contribution in [3.05, 3.63) is 28.2 Å². The lowest BCUT2D eigenvalue weighted by molar-refractivity contribution is -0.139. The van der Waals surface area contributed by atoms with E-state index in [1.807, 2.05) is 0 Å². The van der Waals surface area contributed by atoms with Crippen LogP contribution in [0.1, 0.15) is 18.1 Å². The Morgan fingerprint density at radius 1 is 1.50 bits per heavy atom. The zero-order valence-electron chi connectivity index (χ0n) is 7.14. The summed E-state index contributed by atoms with van der Waals surface area (Å²) in [5, 5.41) is 27.2. The molecule has 0 saturated carbocycles. The summed E-state index contributed by atoms with van der Waals surface area (Å²) in [6.07, 6.45) is -1.62. The van der Waals surface area contributed by atoms with Gasteiger partial charge < -0.3 is 15.3 Å². The third kappa shape index (κ3) is 2.71. The molecule has 0 fully saturated rings. The maximum Gasteiger partial charge on any atom is 0.306 e. The van der Waals surface area contributed by atoms with Crippen LogP contribution < -0.4 is 0 Å². The van der Waals surface area contributed by atoms with E-state index in [2.05, 4.69) is 15.9 Å². The van der Waals surface area contributed by atoms with Crippen molar-refractivity contribution >= 4 is 21.9 Å². The molecule has 4 nitrogen and oxygen atoms in total. The number of aliphatic hydroxyl groups is 1. The highest BCUT2D eigenvalue weighted by Gasteiger charge is 2.15. The molecule has 0 aliphatic heterocycles. The highest BCUT2D eigenvalue weighted by atomic mass is 79.9. The van der Waals surface area contributed by atoms with E-state index < -0.39 is 18.5 Å². The fourth-order valence-electron chi connectivity index (χ4n) is 1.07. The fourth-order valence-corrected chi connectivity index (χ4v) is 1.45. The molecular formula is C9H9BrO4. The van der Waals surface area contributed by atoms with E-state index in [0.29, 0.717) is 4.47 Å². The van der Waals surface area contributed by atoms with Crippen LogP contribution in [0.25, 0.3) is 0 Å². The summed E-state index contributed by atoms with van der Waals surface area (Å²) in [6.45, 7) is 0. The number of carboxylic acids is 1. The molecule has 0 amide bonds. The van der Waals surface area contributed by atoms with E-state index >= 15 is 0 Å². The van der Waals surface area contributed by atoms with Crippen LogP contribution in [-0.2, 0) is 4.79 Å². The number of carbonyl (C=O) groups is 1. The van der Waals surface area contributed by atoms with Gasteiger partial charge in [-0.15, -0.1) is 0 Å². The Bertz CT molecular complexity index is 351. The molecule has 0 heterocycles. The van der Waals surface area contributed by atoms with Crippen LogP contribution in [0.2, 0.25) is 0 Å². The summed E-state index contributed by atoms with van der Waals surface area (Å²) in [5.74, 6) is -1.22. The van der Waals surface area contributed by atoms with Gasteiger partial charge in [-0.3, -0.25) is 4.79 Å². The number of benzene rings is 1. The zero-order chi connectivity index (χ0) is 10.7. The van der Waals surface area contributed by atoms with Gasteiger partial charge in [0.1, 0.15) is 5.75 Å². The Kier molecular flexibility index (Phi) is 3.49. The number of aromatic hydroxyl groups is 1. The highest BCUT2D eigenvalue weighted by molar-refractivity contribution is 9.10. The standard InChI is InChI=1S/C9H9BrO4/c10-5-1-2-7(11)6(3-5)8(12)4-9(13)14/h1-3,8,11-12H,4H2,(H,13,14)/t8-/m1/s1. The molecule has 0 aromatic heterocycles. The first kappa shape index (κ1) is 11.0. The summed E-state index contributed by atoms with van der Waals surface area (Å²) in [5.41, 5.74) is 0.210. The lowest BCUT2D eigenvalue weighted by Crippen LogP contribution is -2.05. The number of phenols is 1. The molecule has 0 radical (unpaired) electrons. The van der Waals surface area contributed by atoms with Crippen molar-refractivity contribution in [2.24, 2.45) is 0 Å². The zero-order valence-corrected chi connectivity index (χ0v) is 8.73. The third-order valence-electron chi connectivity index (χ3n) is 1.72. The number of aliphatic carboxylic acids is 1.